The van der Waals surface area contributed by atoms with Gasteiger partial charge in [0.1, 0.15) is 0 Å². The number of aliphatic hydroxyl groups excluding tert-OH is 1. The van der Waals surface area contributed by atoms with Crippen molar-refractivity contribution in [3.05, 3.63) is 0 Å². The second kappa shape index (κ2) is 4.31. The van der Waals surface area contributed by atoms with Gasteiger partial charge in [0.2, 0.25) is 0 Å². The number of carboxylic acid groups (broad SMARTS) is 1. The van der Waals surface area contributed by atoms with E-state index in [9.17, 15) is 18.0 Å². The van der Waals surface area contributed by atoms with Gasteiger partial charge in [0.25, 0.3) is 0 Å². The van der Waals surface area contributed by atoms with Gasteiger partial charge in [-0.05, 0) is 6.42 Å². The summed E-state index contributed by atoms with van der Waals surface area (Å²) < 4.78 is 35.1. The van der Waals surface area contributed by atoms with Gasteiger partial charge in [-0.15, -0.1) is 0 Å². The highest BCUT2D eigenvalue weighted by atomic mass is 19.4. The van der Waals surface area contributed by atoms with Gasteiger partial charge in [-0.25, -0.2) is 4.79 Å². The Morgan fingerprint density at radius 2 is 2.00 bits per heavy atom. The van der Waals surface area contributed by atoms with E-state index in [1.165, 1.54) is 0 Å². The molecule has 7 heteroatoms. The molecule has 0 aromatic carbocycles. The summed E-state index contributed by atoms with van der Waals surface area (Å²) in [7, 11) is 1.13. The molecule has 0 aromatic rings. The quantitative estimate of drug-likeness (QED) is 0.713. The summed E-state index contributed by atoms with van der Waals surface area (Å²) in [5, 5.41) is 16.7. The van der Waals surface area contributed by atoms with Crippen LogP contribution in [-0.4, -0.2) is 47.1 Å². The zero-order chi connectivity index (χ0) is 10.6. The van der Waals surface area contributed by atoms with Crippen LogP contribution in [-0.2, 0) is 0 Å². The van der Waals surface area contributed by atoms with Crippen LogP contribution < -0.4 is 0 Å². The number of amides is 1. The fourth-order valence-corrected chi connectivity index (χ4v) is 0.575. The fourth-order valence-electron chi connectivity index (χ4n) is 0.575. The van der Waals surface area contributed by atoms with Crippen LogP contribution in [0.3, 0.4) is 0 Å². The lowest BCUT2D eigenvalue weighted by Gasteiger charge is -2.17. The molecule has 0 aliphatic heterocycles. The number of aliphatic hydroxyl groups is 1. The van der Waals surface area contributed by atoms with E-state index in [-0.39, 0.29) is 6.54 Å². The maximum absolute atomic E-state index is 11.7. The molecule has 0 aliphatic carbocycles. The first-order chi connectivity index (χ1) is 5.75. The van der Waals surface area contributed by atoms with Gasteiger partial charge in [-0.3, -0.25) is 0 Å². The van der Waals surface area contributed by atoms with E-state index in [4.69, 9.17) is 10.2 Å². The Morgan fingerprint density at radius 1 is 1.54 bits per heavy atom. The second-order valence-corrected chi connectivity index (χ2v) is 2.55. The summed E-state index contributed by atoms with van der Waals surface area (Å²) >= 11 is 0. The molecule has 0 heterocycles. The van der Waals surface area contributed by atoms with Crippen LogP contribution in [0.15, 0.2) is 0 Å². The van der Waals surface area contributed by atoms with Gasteiger partial charge < -0.3 is 15.1 Å². The molecule has 78 valence electrons. The monoisotopic (exact) mass is 201 g/mol. The van der Waals surface area contributed by atoms with Gasteiger partial charge in [0.15, 0.2) is 6.10 Å². The van der Waals surface area contributed by atoms with Crippen molar-refractivity contribution < 1.29 is 28.2 Å². The number of hydrogen-bond donors (Lipinski definition) is 2. The molecule has 0 rings (SSSR count). The average Bonchev–Trinajstić information content (AvgIpc) is 1.97. The van der Waals surface area contributed by atoms with Crippen molar-refractivity contribution in [1.82, 2.24) is 4.90 Å². The molecule has 1 unspecified atom stereocenters. The predicted octanol–water partition coefficient (Wildman–Crippen LogP) is 0.909. The lowest BCUT2D eigenvalue weighted by Crippen LogP contribution is -2.34. The molecule has 1 atom stereocenters. The highest BCUT2D eigenvalue weighted by molar-refractivity contribution is 5.64. The summed E-state index contributed by atoms with van der Waals surface area (Å²) in [6.07, 6.45) is -9.12. The minimum absolute atomic E-state index is 0.351. The van der Waals surface area contributed by atoms with E-state index in [1.54, 1.807) is 0 Å². The van der Waals surface area contributed by atoms with Crippen LogP contribution in [0, 0.1) is 0 Å². The smallest absolute Gasteiger partial charge is 0.414 e. The van der Waals surface area contributed by atoms with Crippen molar-refractivity contribution in [2.45, 2.75) is 18.7 Å². The number of rotatable bonds is 3. The maximum atomic E-state index is 11.7. The molecule has 13 heavy (non-hydrogen) atoms. The van der Waals surface area contributed by atoms with E-state index in [0.29, 0.717) is 4.90 Å². The van der Waals surface area contributed by atoms with Gasteiger partial charge in [0, 0.05) is 13.6 Å². The van der Waals surface area contributed by atoms with Gasteiger partial charge in [-0.2, -0.15) is 13.2 Å². The van der Waals surface area contributed by atoms with Crippen LogP contribution >= 0.6 is 0 Å². The van der Waals surface area contributed by atoms with Gasteiger partial charge in [-0.1, -0.05) is 0 Å². The Balaban J connectivity index is 3.83. The summed E-state index contributed by atoms with van der Waals surface area (Å²) in [6.45, 7) is -0.351. The minimum atomic E-state index is -4.68. The van der Waals surface area contributed by atoms with Crippen molar-refractivity contribution >= 4 is 6.09 Å². The molecule has 2 N–H and O–H groups in total. The normalized spacial score (nSPS) is 13.9. The van der Waals surface area contributed by atoms with Gasteiger partial charge >= 0.3 is 12.3 Å². The molecular weight excluding hydrogens is 191 g/mol. The molecule has 4 nitrogen and oxygen atoms in total. The van der Waals surface area contributed by atoms with Crippen LogP contribution in [0.5, 0.6) is 0 Å². The van der Waals surface area contributed by atoms with E-state index in [2.05, 4.69) is 0 Å². The summed E-state index contributed by atoms with van der Waals surface area (Å²) in [5.74, 6) is 0. The van der Waals surface area contributed by atoms with Crippen LogP contribution in [0.4, 0.5) is 18.0 Å². The number of halogens is 3. The molecule has 0 fully saturated rings. The first-order valence-corrected chi connectivity index (χ1v) is 3.44. The predicted molar refractivity (Wildman–Crippen MR) is 37.3 cm³/mol. The molecular formula is C6H10F3NO3. The van der Waals surface area contributed by atoms with Crippen LogP contribution in [0.2, 0.25) is 0 Å². The minimum Gasteiger partial charge on any atom is -0.465 e. The number of hydrogen-bond acceptors (Lipinski definition) is 2. The van der Waals surface area contributed by atoms with E-state index in [0.717, 1.165) is 7.05 Å². The third-order valence-corrected chi connectivity index (χ3v) is 1.44. The van der Waals surface area contributed by atoms with Gasteiger partial charge in [0.05, 0.1) is 0 Å². The van der Waals surface area contributed by atoms with Crippen molar-refractivity contribution in [3.8, 4) is 0 Å². The summed E-state index contributed by atoms with van der Waals surface area (Å²) in [5.41, 5.74) is 0. The largest absolute Gasteiger partial charge is 0.465 e. The van der Waals surface area contributed by atoms with E-state index >= 15 is 0 Å². The second-order valence-electron chi connectivity index (χ2n) is 2.55. The van der Waals surface area contributed by atoms with E-state index < -0.39 is 24.8 Å². The Kier molecular flexibility index (Phi) is 3.99. The molecule has 1 amide bonds. The Labute approximate surface area is 72.6 Å². The lowest BCUT2D eigenvalue weighted by molar-refractivity contribution is -0.205. The topological polar surface area (TPSA) is 60.8 Å². The maximum Gasteiger partial charge on any atom is 0.414 e. The Morgan fingerprint density at radius 3 is 2.31 bits per heavy atom. The Bertz CT molecular complexity index is 182. The standard InChI is InChI=1S/C6H10F3NO3/c1-10(5(12)13)3-2-4(11)6(7,8)9/h4,11H,2-3H2,1H3,(H,12,13). The number of nitrogens with zero attached hydrogens (tertiary/aromatic N) is 1. The first kappa shape index (κ1) is 12.0. The molecule has 0 aliphatic rings. The Hall–Kier alpha value is -0.980. The zero-order valence-corrected chi connectivity index (χ0v) is 6.88. The lowest BCUT2D eigenvalue weighted by atomic mass is 10.2. The first-order valence-electron chi connectivity index (χ1n) is 3.44. The molecule has 0 saturated carbocycles. The number of carbonyl (C=O) groups is 1. The molecule has 0 spiro atoms. The summed E-state index contributed by atoms with van der Waals surface area (Å²) in [6, 6.07) is 0. The molecule has 0 radical (unpaired) electrons. The van der Waals surface area contributed by atoms with Crippen molar-refractivity contribution in [2.24, 2.45) is 0 Å². The summed E-state index contributed by atoms with van der Waals surface area (Å²) in [4.78, 5) is 10.8. The fraction of sp³-hybridized carbons (Fsp3) is 0.833. The van der Waals surface area contributed by atoms with E-state index in [1.807, 2.05) is 0 Å². The van der Waals surface area contributed by atoms with Crippen molar-refractivity contribution in [3.63, 3.8) is 0 Å². The highest BCUT2D eigenvalue weighted by Gasteiger charge is 2.37. The molecule has 0 aromatic heterocycles. The highest BCUT2D eigenvalue weighted by Crippen LogP contribution is 2.22. The SMILES string of the molecule is CN(CCC(O)C(F)(F)F)C(=O)O. The number of alkyl halides is 3. The molecule has 0 saturated heterocycles. The third kappa shape index (κ3) is 4.56. The van der Waals surface area contributed by atoms with Crippen LogP contribution in [0.1, 0.15) is 6.42 Å². The van der Waals surface area contributed by atoms with Crippen LogP contribution in [0.25, 0.3) is 0 Å². The third-order valence-electron chi connectivity index (χ3n) is 1.44. The van der Waals surface area contributed by atoms with Crippen molar-refractivity contribution in [2.75, 3.05) is 13.6 Å². The zero-order valence-electron chi connectivity index (χ0n) is 6.88. The average molecular weight is 201 g/mol. The molecule has 0 bridgehead atoms. The van der Waals surface area contributed by atoms with Crippen molar-refractivity contribution in [1.29, 1.82) is 0 Å².